The van der Waals surface area contributed by atoms with Crippen molar-refractivity contribution in [3.05, 3.63) is 45.7 Å². The maximum absolute atomic E-state index is 6.70. The van der Waals surface area contributed by atoms with Crippen LogP contribution in [0.2, 0.25) is 15.1 Å². The van der Waals surface area contributed by atoms with Gasteiger partial charge in [-0.2, -0.15) is 0 Å². The first kappa shape index (κ1) is 16.8. The minimum absolute atomic E-state index is 0.377. The second kappa shape index (κ2) is 6.94. The van der Waals surface area contributed by atoms with Crippen molar-refractivity contribution in [2.75, 3.05) is 5.32 Å². The maximum atomic E-state index is 6.70. The molecule has 25 heavy (non-hydrogen) atoms. The van der Waals surface area contributed by atoms with Crippen molar-refractivity contribution in [3.8, 4) is 11.1 Å². The molecule has 3 aromatic rings. The van der Waals surface area contributed by atoms with Crippen LogP contribution in [0.1, 0.15) is 25.7 Å². The molecule has 7 heteroatoms. The molecule has 4 nitrogen and oxygen atoms in total. The number of aromatic nitrogens is 3. The van der Waals surface area contributed by atoms with Gasteiger partial charge >= 0.3 is 0 Å². The Labute approximate surface area is 160 Å². The first-order valence-corrected chi connectivity index (χ1v) is 9.29. The molecule has 0 unspecified atom stereocenters. The van der Waals surface area contributed by atoms with Crippen LogP contribution in [0.25, 0.3) is 22.3 Å². The minimum Gasteiger partial charge on any atom is -0.367 e. The fourth-order valence-corrected chi connectivity index (χ4v) is 4.09. The molecular formula is C18H15Cl3N4. The number of anilines is 1. The van der Waals surface area contributed by atoms with Crippen molar-refractivity contribution in [3.63, 3.8) is 0 Å². The van der Waals surface area contributed by atoms with Crippen LogP contribution in [0.3, 0.4) is 0 Å². The molecule has 1 N–H and O–H groups in total. The summed E-state index contributed by atoms with van der Waals surface area (Å²) in [5.41, 5.74) is 2.59. The zero-order chi connectivity index (χ0) is 17.4. The molecule has 4 rings (SSSR count). The van der Waals surface area contributed by atoms with E-state index in [2.05, 4.69) is 20.3 Å². The van der Waals surface area contributed by atoms with Crippen molar-refractivity contribution in [1.82, 2.24) is 15.0 Å². The quantitative estimate of drug-likeness (QED) is 0.592. The van der Waals surface area contributed by atoms with E-state index in [0.717, 1.165) is 24.0 Å². The molecule has 1 fully saturated rings. The largest absolute Gasteiger partial charge is 0.367 e. The molecule has 1 aliphatic carbocycles. The summed E-state index contributed by atoms with van der Waals surface area (Å²) in [6, 6.07) is 5.73. The lowest BCUT2D eigenvalue weighted by Crippen LogP contribution is -2.16. The van der Waals surface area contributed by atoms with Crippen molar-refractivity contribution in [1.29, 1.82) is 0 Å². The molecule has 0 bridgehead atoms. The van der Waals surface area contributed by atoms with Crippen LogP contribution < -0.4 is 5.32 Å². The molecule has 1 saturated carbocycles. The van der Waals surface area contributed by atoms with E-state index < -0.39 is 0 Å². The van der Waals surface area contributed by atoms with E-state index in [9.17, 15) is 0 Å². The summed E-state index contributed by atoms with van der Waals surface area (Å²) < 4.78 is 0. The van der Waals surface area contributed by atoms with Gasteiger partial charge < -0.3 is 5.32 Å². The number of benzene rings is 1. The Hall–Kier alpha value is -1.62. The minimum atomic E-state index is 0.377. The second-order valence-corrected chi connectivity index (χ2v) is 7.35. The lowest BCUT2D eigenvalue weighted by atomic mass is 10.0. The van der Waals surface area contributed by atoms with Crippen LogP contribution in [-0.4, -0.2) is 21.0 Å². The predicted molar refractivity (Wildman–Crippen MR) is 104 cm³/mol. The molecule has 128 valence electrons. The Morgan fingerprint density at radius 1 is 1.00 bits per heavy atom. The van der Waals surface area contributed by atoms with Crippen LogP contribution in [0.15, 0.2) is 30.6 Å². The summed E-state index contributed by atoms with van der Waals surface area (Å²) >= 11 is 19.2. The van der Waals surface area contributed by atoms with Crippen molar-refractivity contribution >= 4 is 51.8 Å². The molecular weight excluding hydrogens is 379 g/mol. The van der Waals surface area contributed by atoms with Crippen LogP contribution in [0, 0.1) is 0 Å². The van der Waals surface area contributed by atoms with Crippen molar-refractivity contribution < 1.29 is 0 Å². The lowest BCUT2D eigenvalue weighted by Gasteiger charge is -2.19. The number of halogens is 3. The highest BCUT2D eigenvalue weighted by Crippen LogP contribution is 2.42. The van der Waals surface area contributed by atoms with Crippen LogP contribution in [0.4, 0.5) is 5.82 Å². The zero-order valence-corrected chi connectivity index (χ0v) is 15.5. The average molecular weight is 394 g/mol. The predicted octanol–water partition coefficient (Wildman–Crippen LogP) is 6.01. The monoisotopic (exact) mass is 392 g/mol. The molecule has 1 aromatic carbocycles. The van der Waals surface area contributed by atoms with Gasteiger partial charge in [0, 0.05) is 34.6 Å². The van der Waals surface area contributed by atoms with Crippen LogP contribution in [0.5, 0.6) is 0 Å². The summed E-state index contributed by atoms with van der Waals surface area (Å²) in [6.07, 6.45) is 7.88. The standard InChI is InChI=1S/C18H15Cl3N4/c19-10-5-6-12(13(20)9-10)14-15(21)16-18(23-8-7-22-16)25-17(14)24-11-3-1-2-4-11/h5-9,11H,1-4H2,(H,23,24,25). The molecule has 1 aliphatic rings. The first-order valence-electron chi connectivity index (χ1n) is 8.15. The molecule has 0 aliphatic heterocycles. The number of pyridine rings is 1. The molecule has 2 heterocycles. The van der Waals surface area contributed by atoms with Gasteiger partial charge in [-0.3, -0.25) is 0 Å². The average Bonchev–Trinajstić information content (AvgIpc) is 3.10. The van der Waals surface area contributed by atoms with Gasteiger partial charge in [0.25, 0.3) is 0 Å². The second-order valence-electron chi connectivity index (χ2n) is 6.13. The van der Waals surface area contributed by atoms with Gasteiger partial charge in [0.2, 0.25) is 0 Å². The van der Waals surface area contributed by atoms with E-state index in [1.165, 1.54) is 12.8 Å². The van der Waals surface area contributed by atoms with Gasteiger partial charge in [-0.15, -0.1) is 0 Å². The Morgan fingerprint density at radius 2 is 1.76 bits per heavy atom. The third-order valence-corrected chi connectivity index (χ3v) is 5.37. The van der Waals surface area contributed by atoms with E-state index in [0.29, 0.717) is 38.1 Å². The summed E-state index contributed by atoms with van der Waals surface area (Å²) in [5.74, 6) is 0.689. The van der Waals surface area contributed by atoms with Crippen molar-refractivity contribution in [2.24, 2.45) is 0 Å². The van der Waals surface area contributed by atoms with Gasteiger partial charge in [0.1, 0.15) is 11.3 Å². The summed E-state index contributed by atoms with van der Waals surface area (Å²) in [7, 11) is 0. The normalized spacial score (nSPS) is 15.0. The SMILES string of the molecule is Clc1ccc(-c2c(NC3CCCC3)nc3nccnc3c2Cl)c(Cl)c1. The van der Waals surface area contributed by atoms with E-state index >= 15 is 0 Å². The Morgan fingerprint density at radius 3 is 2.52 bits per heavy atom. The highest BCUT2D eigenvalue weighted by molar-refractivity contribution is 6.40. The van der Waals surface area contributed by atoms with Gasteiger partial charge in [-0.1, -0.05) is 53.7 Å². The molecule has 0 amide bonds. The molecule has 0 spiro atoms. The highest BCUT2D eigenvalue weighted by Gasteiger charge is 2.22. The highest BCUT2D eigenvalue weighted by atomic mass is 35.5. The third kappa shape index (κ3) is 3.26. The topological polar surface area (TPSA) is 50.7 Å². The number of nitrogens with one attached hydrogen (secondary N) is 1. The van der Waals surface area contributed by atoms with Gasteiger partial charge in [0.05, 0.1) is 10.0 Å². The number of hydrogen-bond acceptors (Lipinski definition) is 4. The van der Waals surface area contributed by atoms with E-state index in [1.807, 2.05) is 6.07 Å². The first-order chi connectivity index (χ1) is 12.1. The Balaban J connectivity index is 1.93. The zero-order valence-electron chi connectivity index (χ0n) is 13.3. The fraction of sp³-hybridized carbons (Fsp3) is 0.278. The molecule has 0 atom stereocenters. The Bertz CT molecular complexity index is 939. The number of hydrogen-bond donors (Lipinski definition) is 1. The van der Waals surface area contributed by atoms with Gasteiger partial charge in [-0.05, 0) is 25.0 Å². The lowest BCUT2D eigenvalue weighted by molar-refractivity contribution is 0.751. The maximum Gasteiger partial charge on any atom is 0.181 e. The summed E-state index contributed by atoms with van der Waals surface area (Å²) in [6.45, 7) is 0. The molecule has 0 radical (unpaired) electrons. The smallest absolute Gasteiger partial charge is 0.181 e. The van der Waals surface area contributed by atoms with Crippen molar-refractivity contribution in [2.45, 2.75) is 31.7 Å². The van der Waals surface area contributed by atoms with Gasteiger partial charge in [-0.25, -0.2) is 15.0 Å². The van der Waals surface area contributed by atoms with Crippen LogP contribution in [-0.2, 0) is 0 Å². The number of fused-ring (bicyclic) bond motifs is 1. The fourth-order valence-electron chi connectivity index (χ4n) is 3.26. The number of rotatable bonds is 3. The molecule has 2 aromatic heterocycles. The Kier molecular flexibility index (Phi) is 4.67. The molecule has 0 saturated heterocycles. The van der Waals surface area contributed by atoms with E-state index in [-0.39, 0.29) is 0 Å². The van der Waals surface area contributed by atoms with Gasteiger partial charge in [0.15, 0.2) is 5.65 Å². The van der Waals surface area contributed by atoms with E-state index in [1.54, 1.807) is 24.5 Å². The summed E-state index contributed by atoms with van der Waals surface area (Å²) in [5, 5.41) is 5.11. The number of nitrogens with zero attached hydrogens (tertiary/aromatic N) is 3. The van der Waals surface area contributed by atoms with E-state index in [4.69, 9.17) is 34.8 Å². The summed E-state index contributed by atoms with van der Waals surface area (Å²) in [4.78, 5) is 13.3. The third-order valence-electron chi connectivity index (χ3n) is 4.46. The van der Waals surface area contributed by atoms with Crippen LogP contribution >= 0.6 is 34.8 Å².